The van der Waals surface area contributed by atoms with Crippen LogP contribution in [0.25, 0.3) is 0 Å². The lowest BCUT2D eigenvalue weighted by Crippen LogP contribution is -2.37. The molecule has 12 heavy (non-hydrogen) atoms. The summed E-state index contributed by atoms with van der Waals surface area (Å²) in [5.41, 5.74) is 0. The van der Waals surface area contributed by atoms with Crippen molar-refractivity contribution in [2.75, 3.05) is 11.9 Å². The van der Waals surface area contributed by atoms with Crippen LogP contribution in [-0.4, -0.2) is 21.8 Å². The number of hydrogen-bond donors (Lipinski definition) is 0. The van der Waals surface area contributed by atoms with E-state index < -0.39 is 0 Å². The fourth-order valence-corrected chi connectivity index (χ4v) is 2.14. The lowest BCUT2D eigenvalue weighted by molar-refractivity contribution is 0.400. The molecule has 1 aliphatic rings. The van der Waals surface area contributed by atoms with Crippen molar-refractivity contribution in [3.63, 3.8) is 0 Å². The highest BCUT2D eigenvalue weighted by Gasteiger charge is 2.25. The minimum Gasteiger partial charge on any atom is -0.353 e. The fraction of sp³-hybridized carbons (Fsp3) is 0.714. The predicted molar refractivity (Wildman–Crippen MR) is 51.0 cm³/mol. The molecule has 0 saturated heterocycles. The normalized spacial score (nSPS) is 17.5. The van der Waals surface area contributed by atoms with Crippen LogP contribution in [-0.2, 0) is 0 Å². The largest absolute Gasteiger partial charge is 0.353 e. The molecule has 0 aromatic carbocycles. The van der Waals surface area contributed by atoms with Gasteiger partial charge in [0.2, 0.25) is 0 Å². The molecule has 1 aromatic heterocycles. The van der Waals surface area contributed by atoms with Crippen LogP contribution in [0.5, 0.6) is 0 Å². The third-order valence-corrected chi connectivity index (χ3v) is 3.26. The summed E-state index contributed by atoms with van der Waals surface area (Å²) in [6.45, 7) is 0. The maximum atomic E-state index is 5.85. The minimum absolute atomic E-state index is 0.536. The Kier molecular flexibility index (Phi) is 2.19. The quantitative estimate of drug-likeness (QED) is 0.738. The molecular weight excluding hydrogens is 194 g/mol. The van der Waals surface area contributed by atoms with Crippen molar-refractivity contribution in [3.05, 3.63) is 5.15 Å². The average molecular weight is 204 g/mol. The molecular formula is C7H10ClN3S. The van der Waals surface area contributed by atoms with Crippen molar-refractivity contribution in [2.45, 2.75) is 25.3 Å². The van der Waals surface area contributed by atoms with E-state index in [1.807, 2.05) is 7.05 Å². The van der Waals surface area contributed by atoms with E-state index >= 15 is 0 Å². The van der Waals surface area contributed by atoms with Crippen LogP contribution in [0.15, 0.2) is 0 Å². The molecule has 0 spiro atoms. The Hall–Kier alpha value is -0.350. The summed E-state index contributed by atoms with van der Waals surface area (Å²) in [5.74, 6) is 0.839. The number of hydrogen-bond acceptors (Lipinski definition) is 4. The van der Waals surface area contributed by atoms with Gasteiger partial charge in [0.05, 0.1) is 11.7 Å². The first-order valence-corrected chi connectivity index (χ1v) is 5.11. The van der Waals surface area contributed by atoms with E-state index in [9.17, 15) is 0 Å². The molecule has 1 aliphatic carbocycles. The van der Waals surface area contributed by atoms with Gasteiger partial charge in [0.25, 0.3) is 0 Å². The summed E-state index contributed by atoms with van der Waals surface area (Å²) < 4.78 is 8.08. The SMILES string of the molecule is CN(c1nsnc1Cl)C1CCC1. The number of nitrogens with zero attached hydrogens (tertiary/aromatic N) is 3. The lowest BCUT2D eigenvalue weighted by Gasteiger charge is -2.34. The summed E-state index contributed by atoms with van der Waals surface area (Å²) >= 11 is 7.03. The molecule has 66 valence electrons. The number of rotatable bonds is 2. The van der Waals surface area contributed by atoms with Crippen molar-refractivity contribution >= 4 is 29.1 Å². The van der Waals surface area contributed by atoms with Gasteiger partial charge in [-0.3, -0.25) is 0 Å². The second kappa shape index (κ2) is 3.18. The smallest absolute Gasteiger partial charge is 0.187 e. The highest BCUT2D eigenvalue weighted by Crippen LogP contribution is 2.30. The van der Waals surface area contributed by atoms with Crippen LogP contribution >= 0.6 is 23.3 Å². The van der Waals surface area contributed by atoms with Gasteiger partial charge in [-0.25, -0.2) is 0 Å². The molecule has 0 radical (unpaired) electrons. The number of anilines is 1. The molecule has 5 heteroatoms. The highest BCUT2D eigenvalue weighted by molar-refractivity contribution is 6.99. The predicted octanol–water partition coefficient (Wildman–Crippen LogP) is 2.18. The van der Waals surface area contributed by atoms with E-state index in [4.69, 9.17) is 11.6 Å². The van der Waals surface area contributed by atoms with Crippen LogP contribution in [0.2, 0.25) is 5.15 Å². The van der Waals surface area contributed by atoms with Gasteiger partial charge in [-0.1, -0.05) is 11.6 Å². The first-order valence-electron chi connectivity index (χ1n) is 4.00. The van der Waals surface area contributed by atoms with Gasteiger partial charge >= 0.3 is 0 Å². The average Bonchev–Trinajstić information content (AvgIpc) is 2.31. The maximum Gasteiger partial charge on any atom is 0.187 e. The van der Waals surface area contributed by atoms with Gasteiger partial charge in [-0.05, 0) is 19.3 Å². The van der Waals surface area contributed by atoms with Crippen molar-refractivity contribution in [1.82, 2.24) is 8.75 Å². The first-order chi connectivity index (χ1) is 5.79. The minimum atomic E-state index is 0.536. The van der Waals surface area contributed by atoms with E-state index in [1.165, 1.54) is 31.0 Å². The third-order valence-electron chi connectivity index (χ3n) is 2.39. The van der Waals surface area contributed by atoms with Gasteiger partial charge in [-0.2, -0.15) is 8.75 Å². The molecule has 0 N–H and O–H groups in total. The Labute approximate surface area is 80.7 Å². The standard InChI is InChI=1S/C7H10ClN3S/c1-11(5-3-2-4-5)7-6(8)9-12-10-7/h5H,2-4H2,1H3. The van der Waals surface area contributed by atoms with E-state index in [0.29, 0.717) is 11.2 Å². The Morgan fingerprint density at radius 1 is 1.50 bits per heavy atom. The molecule has 0 aliphatic heterocycles. The summed E-state index contributed by atoms with van der Waals surface area (Å²) in [4.78, 5) is 2.13. The summed E-state index contributed by atoms with van der Waals surface area (Å²) in [6.07, 6.45) is 3.83. The van der Waals surface area contributed by atoms with Crippen molar-refractivity contribution in [1.29, 1.82) is 0 Å². The zero-order valence-corrected chi connectivity index (χ0v) is 8.40. The fourth-order valence-electron chi connectivity index (χ4n) is 1.33. The maximum absolute atomic E-state index is 5.85. The zero-order valence-electron chi connectivity index (χ0n) is 6.83. The molecule has 1 saturated carbocycles. The summed E-state index contributed by atoms with van der Waals surface area (Å²) in [6, 6.07) is 0.631. The molecule has 0 unspecified atom stereocenters. The molecule has 2 rings (SSSR count). The highest BCUT2D eigenvalue weighted by atomic mass is 35.5. The molecule has 0 amide bonds. The van der Waals surface area contributed by atoms with Gasteiger partial charge in [0, 0.05) is 13.1 Å². The number of aromatic nitrogens is 2. The topological polar surface area (TPSA) is 29.0 Å². The van der Waals surface area contributed by atoms with Crippen molar-refractivity contribution in [3.8, 4) is 0 Å². The molecule has 1 fully saturated rings. The van der Waals surface area contributed by atoms with Crippen LogP contribution in [0, 0.1) is 0 Å². The monoisotopic (exact) mass is 203 g/mol. The van der Waals surface area contributed by atoms with Crippen LogP contribution in [0.1, 0.15) is 19.3 Å². The van der Waals surface area contributed by atoms with Crippen LogP contribution in [0.4, 0.5) is 5.82 Å². The Bertz CT molecular complexity index is 271. The van der Waals surface area contributed by atoms with Gasteiger partial charge in [-0.15, -0.1) is 0 Å². The van der Waals surface area contributed by atoms with Crippen LogP contribution in [0.3, 0.4) is 0 Å². The first kappa shape index (κ1) is 8.26. The second-order valence-corrected chi connectivity index (χ2v) is 3.96. The Morgan fingerprint density at radius 3 is 2.67 bits per heavy atom. The van der Waals surface area contributed by atoms with E-state index in [2.05, 4.69) is 13.6 Å². The van der Waals surface area contributed by atoms with E-state index in [0.717, 1.165) is 5.82 Å². The van der Waals surface area contributed by atoms with Crippen molar-refractivity contribution in [2.24, 2.45) is 0 Å². The molecule has 1 heterocycles. The summed E-state index contributed by atoms with van der Waals surface area (Å²) in [5, 5.41) is 0.536. The molecule has 3 nitrogen and oxygen atoms in total. The third kappa shape index (κ3) is 1.29. The summed E-state index contributed by atoms with van der Waals surface area (Å²) in [7, 11) is 2.03. The molecule has 1 aromatic rings. The van der Waals surface area contributed by atoms with Crippen molar-refractivity contribution < 1.29 is 0 Å². The van der Waals surface area contributed by atoms with E-state index in [-0.39, 0.29) is 0 Å². The van der Waals surface area contributed by atoms with Gasteiger partial charge < -0.3 is 4.90 Å². The van der Waals surface area contributed by atoms with Gasteiger partial charge in [0.1, 0.15) is 0 Å². The molecule has 0 bridgehead atoms. The molecule has 0 atom stereocenters. The van der Waals surface area contributed by atoms with E-state index in [1.54, 1.807) is 0 Å². The van der Waals surface area contributed by atoms with Gasteiger partial charge in [0.15, 0.2) is 11.0 Å². The Balaban J connectivity index is 2.13. The second-order valence-electron chi connectivity index (χ2n) is 3.07. The Morgan fingerprint density at radius 2 is 2.25 bits per heavy atom. The zero-order chi connectivity index (χ0) is 8.55. The lowest BCUT2D eigenvalue weighted by atomic mass is 9.92. The number of halogens is 1. The van der Waals surface area contributed by atoms with Crippen LogP contribution < -0.4 is 4.90 Å².